The van der Waals surface area contributed by atoms with Gasteiger partial charge < -0.3 is 9.47 Å². The van der Waals surface area contributed by atoms with Gasteiger partial charge in [0.05, 0.1) is 11.6 Å². The van der Waals surface area contributed by atoms with Crippen molar-refractivity contribution in [2.24, 2.45) is 0 Å². The molecule has 3 rings (SSSR count). The van der Waals surface area contributed by atoms with Gasteiger partial charge >= 0.3 is 0 Å². The van der Waals surface area contributed by atoms with Crippen molar-refractivity contribution in [2.75, 3.05) is 0 Å². The summed E-state index contributed by atoms with van der Waals surface area (Å²) in [6, 6.07) is 11.2. The summed E-state index contributed by atoms with van der Waals surface area (Å²) in [5, 5.41) is 8.87. The molecular weight excluding hydrogens is 226 g/mol. The zero-order valence-electron chi connectivity index (χ0n) is 10.2. The smallest absolute Gasteiger partial charge is 0.171 e. The van der Waals surface area contributed by atoms with Crippen molar-refractivity contribution in [3.05, 3.63) is 47.0 Å². The SMILES string of the molecule is Cc1cc2c(cc1C)Oc1cc(C#N)ccc1O2. The Morgan fingerprint density at radius 3 is 2.00 bits per heavy atom. The molecule has 0 atom stereocenters. The Kier molecular flexibility index (Phi) is 2.24. The molecule has 0 saturated heterocycles. The first-order valence-corrected chi connectivity index (χ1v) is 5.68. The highest BCUT2D eigenvalue weighted by Crippen LogP contribution is 2.46. The first-order chi connectivity index (χ1) is 8.67. The van der Waals surface area contributed by atoms with E-state index in [1.807, 2.05) is 26.0 Å². The van der Waals surface area contributed by atoms with Gasteiger partial charge in [-0.2, -0.15) is 5.26 Å². The second-order valence-corrected chi connectivity index (χ2v) is 4.36. The zero-order valence-corrected chi connectivity index (χ0v) is 10.2. The summed E-state index contributed by atoms with van der Waals surface area (Å²) in [6.07, 6.45) is 0. The molecule has 18 heavy (non-hydrogen) atoms. The van der Waals surface area contributed by atoms with Crippen LogP contribution in [-0.2, 0) is 0 Å². The van der Waals surface area contributed by atoms with E-state index in [1.54, 1.807) is 18.2 Å². The summed E-state index contributed by atoms with van der Waals surface area (Å²) in [5.41, 5.74) is 2.87. The minimum absolute atomic E-state index is 0.560. The Bertz CT molecular complexity index is 684. The van der Waals surface area contributed by atoms with Crippen LogP contribution in [-0.4, -0.2) is 0 Å². The maximum absolute atomic E-state index is 8.87. The molecule has 3 heteroatoms. The fourth-order valence-electron chi connectivity index (χ4n) is 1.90. The Morgan fingerprint density at radius 1 is 0.833 bits per heavy atom. The van der Waals surface area contributed by atoms with E-state index in [1.165, 1.54) is 0 Å². The molecule has 88 valence electrons. The summed E-state index contributed by atoms with van der Waals surface area (Å²) in [5.74, 6) is 2.64. The van der Waals surface area contributed by atoms with Gasteiger partial charge in [0.25, 0.3) is 0 Å². The predicted molar refractivity (Wildman–Crippen MR) is 67.2 cm³/mol. The number of benzene rings is 2. The minimum Gasteiger partial charge on any atom is -0.450 e. The minimum atomic E-state index is 0.560. The van der Waals surface area contributed by atoms with E-state index in [2.05, 4.69) is 6.07 Å². The topological polar surface area (TPSA) is 42.2 Å². The first kappa shape index (κ1) is 10.7. The molecule has 2 aromatic rings. The van der Waals surface area contributed by atoms with Gasteiger partial charge in [-0.15, -0.1) is 0 Å². The maximum atomic E-state index is 8.87. The van der Waals surface area contributed by atoms with Crippen LogP contribution < -0.4 is 9.47 Å². The first-order valence-electron chi connectivity index (χ1n) is 5.68. The second-order valence-electron chi connectivity index (χ2n) is 4.36. The van der Waals surface area contributed by atoms with E-state index in [0.29, 0.717) is 22.8 Å². The molecule has 1 aliphatic heterocycles. The van der Waals surface area contributed by atoms with Gasteiger partial charge in [0.15, 0.2) is 23.0 Å². The quantitative estimate of drug-likeness (QED) is 0.591. The maximum Gasteiger partial charge on any atom is 0.171 e. The van der Waals surface area contributed by atoms with Crippen molar-refractivity contribution in [3.8, 4) is 29.1 Å². The Hall–Kier alpha value is -2.47. The lowest BCUT2D eigenvalue weighted by Crippen LogP contribution is -2.00. The number of ether oxygens (including phenoxy) is 2. The normalized spacial score (nSPS) is 11.6. The van der Waals surface area contributed by atoms with Crippen LogP contribution in [0.4, 0.5) is 0 Å². The third-order valence-electron chi connectivity index (χ3n) is 3.07. The second kappa shape index (κ2) is 3.78. The molecule has 0 radical (unpaired) electrons. The highest BCUT2D eigenvalue weighted by atomic mass is 16.6. The Morgan fingerprint density at radius 2 is 1.39 bits per heavy atom. The molecule has 1 aliphatic rings. The third-order valence-corrected chi connectivity index (χ3v) is 3.07. The van der Waals surface area contributed by atoms with Crippen LogP contribution in [0.5, 0.6) is 23.0 Å². The van der Waals surface area contributed by atoms with Crippen LogP contribution in [0.1, 0.15) is 16.7 Å². The van der Waals surface area contributed by atoms with Gasteiger partial charge in [-0.1, -0.05) is 0 Å². The van der Waals surface area contributed by atoms with Crippen molar-refractivity contribution in [1.82, 2.24) is 0 Å². The molecule has 0 amide bonds. The Labute approximate surface area is 105 Å². The molecule has 0 spiro atoms. The number of nitrogens with zero attached hydrogens (tertiary/aromatic N) is 1. The molecule has 0 N–H and O–H groups in total. The predicted octanol–water partition coefficient (Wildman–Crippen LogP) is 4.07. The van der Waals surface area contributed by atoms with Gasteiger partial charge in [-0.25, -0.2) is 0 Å². The monoisotopic (exact) mass is 237 g/mol. The molecule has 1 heterocycles. The lowest BCUT2D eigenvalue weighted by Gasteiger charge is -2.21. The van der Waals surface area contributed by atoms with E-state index in [9.17, 15) is 0 Å². The van der Waals surface area contributed by atoms with Crippen molar-refractivity contribution < 1.29 is 9.47 Å². The summed E-state index contributed by atoms with van der Waals surface area (Å²) >= 11 is 0. The molecule has 0 saturated carbocycles. The van der Waals surface area contributed by atoms with Gasteiger partial charge in [0.2, 0.25) is 0 Å². The highest BCUT2D eigenvalue weighted by molar-refractivity contribution is 5.58. The number of hydrogen-bond donors (Lipinski definition) is 0. The van der Waals surface area contributed by atoms with E-state index in [0.717, 1.165) is 16.9 Å². The van der Waals surface area contributed by atoms with Gasteiger partial charge in [-0.05, 0) is 49.2 Å². The molecular formula is C15H11NO2. The summed E-state index contributed by atoms with van der Waals surface area (Å²) < 4.78 is 11.6. The highest BCUT2D eigenvalue weighted by Gasteiger charge is 2.19. The molecule has 0 fully saturated rings. The van der Waals surface area contributed by atoms with Gasteiger partial charge in [-0.3, -0.25) is 0 Å². The van der Waals surface area contributed by atoms with Gasteiger partial charge in [0, 0.05) is 6.07 Å². The largest absolute Gasteiger partial charge is 0.450 e. The average molecular weight is 237 g/mol. The molecule has 3 nitrogen and oxygen atoms in total. The number of fused-ring (bicyclic) bond motifs is 2. The average Bonchev–Trinajstić information content (AvgIpc) is 2.37. The van der Waals surface area contributed by atoms with Crippen LogP contribution in [0.2, 0.25) is 0 Å². The summed E-state index contributed by atoms with van der Waals surface area (Å²) in [7, 11) is 0. The standard InChI is InChI=1S/C15H11NO2/c1-9-5-13-14(6-10(9)2)18-15-7-11(8-16)3-4-12(15)17-13/h3-7H,1-2H3. The number of aryl methyl sites for hydroxylation is 2. The van der Waals surface area contributed by atoms with E-state index in [-0.39, 0.29) is 0 Å². The van der Waals surface area contributed by atoms with Crippen LogP contribution >= 0.6 is 0 Å². The Balaban J connectivity index is 2.09. The summed E-state index contributed by atoms with van der Waals surface area (Å²) in [6.45, 7) is 4.06. The van der Waals surface area contributed by atoms with Crippen molar-refractivity contribution >= 4 is 0 Å². The lowest BCUT2D eigenvalue weighted by atomic mass is 10.1. The van der Waals surface area contributed by atoms with Crippen molar-refractivity contribution in [2.45, 2.75) is 13.8 Å². The van der Waals surface area contributed by atoms with Crippen molar-refractivity contribution in [3.63, 3.8) is 0 Å². The molecule has 0 aromatic heterocycles. The molecule has 2 aromatic carbocycles. The van der Waals surface area contributed by atoms with Gasteiger partial charge in [0.1, 0.15) is 0 Å². The lowest BCUT2D eigenvalue weighted by molar-refractivity contribution is 0.359. The zero-order chi connectivity index (χ0) is 12.7. The fourth-order valence-corrected chi connectivity index (χ4v) is 1.90. The van der Waals surface area contributed by atoms with Crippen LogP contribution in [0, 0.1) is 25.2 Å². The molecule has 0 unspecified atom stereocenters. The van der Waals surface area contributed by atoms with E-state index in [4.69, 9.17) is 14.7 Å². The molecule has 0 bridgehead atoms. The van der Waals surface area contributed by atoms with E-state index < -0.39 is 0 Å². The third kappa shape index (κ3) is 1.59. The van der Waals surface area contributed by atoms with Crippen molar-refractivity contribution in [1.29, 1.82) is 5.26 Å². The number of rotatable bonds is 0. The number of nitriles is 1. The summed E-state index contributed by atoms with van der Waals surface area (Å²) in [4.78, 5) is 0. The van der Waals surface area contributed by atoms with E-state index >= 15 is 0 Å². The van der Waals surface area contributed by atoms with Crippen LogP contribution in [0.15, 0.2) is 30.3 Å². The van der Waals surface area contributed by atoms with Crippen LogP contribution in [0.3, 0.4) is 0 Å². The number of hydrogen-bond acceptors (Lipinski definition) is 3. The molecule has 0 aliphatic carbocycles. The van der Waals surface area contributed by atoms with Crippen LogP contribution in [0.25, 0.3) is 0 Å². The fraction of sp³-hybridized carbons (Fsp3) is 0.133.